The monoisotopic (exact) mass is 354 g/mol. The maximum Gasteiger partial charge on any atom is 0.341 e. The molecule has 7 nitrogen and oxygen atoms in total. The molecule has 7 heteroatoms. The zero-order valence-corrected chi connectivity index (χ0v) is 14.1. The van der Waals surface area contributed by atoms with Crippen molar-refractivity contribution in [3.63, 3.8) is 0 Å². The predicted octanol–water partition coefficient (Wildman–Crippen LogP) is 2.73. The van der Waals surface area contributed by atoms with Crippen molar-refractivity contribution in [2.45, 2.75) is 31.2 Å². The first-order valence-electron chi connectivity index (χ1n) is 8.55. The number of benzene rings is 1. The Morgan fingerprint density at radius 2 is 1.96 bits per heavy atom. The molecule has 2 amide bonds. The number of nitrogens with zero attached hydrogens (tertiary/aromatic N) is 1. The van der Waals surface area contributed by atoms with Crippen LogP contribution in [0.2, 0.25) is 0 Å². The predicted molar refractivity (Wildman–Crippen MR) is 92.7 cm³/mol. The number of ether oxygens (including phenoxy) is 1. The fourth-order valence-corrected chi connectivity index (χ4v) is 3.78. The van der Waals surface area contributed by atoms with Gasteiger partial charge in [0.1, 0.15) is 11.8 Å². The van der Waals surface area contributed by atoms with Gasteiger partial charge in [-0.1, -0.05) is 25.0 Å². The van der Waals surface area contributed by atoms with E-state index in [0.717, 1.165) is 12.8 Å². The van der Waals surface area contributed by atoms with Gasteiger partial charge in [0.25, 0.3) is 11.8 Å². The highest BCUT2D eigenvalue weighted by Gasteiger charge is 2.52. The Kier molecular flexibility index (Phi) is 3.99. The minimum atomic E-state index is -0.909. The normalized spacial score (nSPS) is 17.7. The van der Waals surface area contributed by atoms with Gasteiger partial charge in [-0.2, -0.15) is 0 Å². The Morgan fingerprint density at radius 3 is 2.69 bits per heavy atom. The van der Waals surface area contributed by atoms with E-state index in [2.05, 4.69) is 5.32 Å². The molecule has 134 valence electrons. The molecule has 1 N–H and O–H groups in total. The summed E-state index contributed by atoms with van der Waals surface area (Å²) < 4.78 is 9.98. The second kappa shape index (κ2) is 6.33. The van der Waals surface area contributed by atoms with E-state index in [0.29, 0.717) is 24.2 Å². The van der Waals surface area contributed by atoms with Gasteiger partial charge < -0.3 is 14.5 Å². The molecule has 2 aliphatic rings. The molecule has 1 aromatic carbocycles. The quantitative estimate of drug-likeness (QED) is 0.856. The Balaban J connectivity index is 1.62. The molecule has 2 aromatic rings. The number of carbonyl (C=O) groups excluding carboxylic acids is 3. The lowest BCUT2D eigenvalue weighted by atomic mass is 9.90. The number of furan rings is 1. The van der Waals surface area contributed by atoms with Crippen LogP contribution in [0.25, 0.3) is 0 Å². The summed E-state index contributed by atoms with van der Waals surface area (Å²) in [6.07, 6.45) is 5.54. The number of nitrogens with one attached hydrogen (secondary N) is 1. The molecule has 4 rings (SSSR count). The number of carbonyl (C=O) groups is 3. The number of para-hydroxylation sites is 2. The third kappa shape index (κ3) is 2.56. The van der Waals surface area contributed by atoms with Crippen molar-refractivity contribution >= 4 is 29.2 Å². The van der Waals surface area contributed by atoms with Crippen LogP contribution in [-0.4, -0.2) is 29.9 Å². The molecule has 1 aliphatic heterocycles. The third-order valence-corrected chi connectivity index (χ3v) is 5.01. The number of rotatable bonds is 3. The molecule has 0 atom stereocenters. The SMILES string of the molecule is O=C(OCC(=O)N1c2ccccc2NC(=O)C12CCCC2)c1ccoc1. The summed E-state index contributed by atoms with van der Waals surface area (Å²) >= 11 is 0. The standard InChI is InChI=1S/C19H18N2O5/c22-16(12-26-17(23)13-7-10-25-11-13)21-15-6-2-1-5-14(15)20-18(24)19(21)8-3-4-9-19/h1-2,5-7,10-11H,3-4,8-9,12H2,(H,20,24). The Morgan fingerprint density at radius 1 is 1.19 bits per heavy atom. The molecule has 1 fully saturated rings. The van der Waals surface area contributed by atoms with Gasteiger partial charge in [-0.15, -0.1) is 0 Å². The molecule has 1 aromatic heterocycles. The van der Waals surface area contributed by atoms with Crippen LogP contribution in [0.4, 0.5) is 11.4 Å². The Hall–Kier alpha value is -3.09. The zero-order chi connectivity index (χ0) is 18.1. The van der Waals surface area contributed by atoms with Gasteiger partial charge in [-0.25, -0.2) is 4.79 Å². The summed E-state index contributed by atoms with van der Waals surface area (Å²) in [5, 5.41) is 2.91. The second-order valence-electron chi connectivity index (χ2n) is 6.53. The number of amides is 2. The van der Waals surface area contributed by atoms with Gasteiger partial charge in [0, 0.05) is 0 Å². The summed E-state index contributed by atoms with van der Waals surface area (Å²) in [5.74, 6) is -1.23. The summed E-state index contributed by atoms with van der Waals surface area (Å²) in [4.78, 5) is 39.3. The average Bonchev–Trinajstić information content (AvgIpc) is 3.33. The van der Waals surface area contributed by atoms with Gasteiger partial charge in [0.05, 0.1) is 23.2 Å². The van der Waals surface area contributed by atoms with Gasteiger partial charge in [0.2, 0.25) is 0 Å². The molecule has 1 saturated carbocycles. The highest BCUT2D eigenvalue weighted by molar-refractivity contribution is 6.15. The lowest BCUT2D eigenvalue weighted by molar-refractivity contribution is -0.129. The van der Waals surface area contributed by atoms with Crippen LogP contribution in [-0.2, 0) is 14.3 Å². The van der Waals surface area contributed by atoms with Gasteiger partial charge >= 0.3 is 5.97 Å². The van der Waals surface area contributed by atoms with Gasteiger partial charge in [0.15, 0.2) is 6.61 Å². The van der Waals surface area contributed by atoms with Crippen LogP contribution in [0.3, 0.4) is 0 Å². The largest absolute Gasteiger partial charge is 0.472 e. The maximum atomic E-state index is 13.0. The third-order valence-electron chi connectivity index (χ3n) is 5.01. The fourth-order valence-electron chi connectivity index (χ4n) is 3.78. The minimum Gasteiger partial charge on any atom is -0.472 e. The first-order chi connectivity index (χ1) is 12.6. The van der Waals surface area contributed by atoms with E-state index in [4.69, 9.17) is 9.15 Å². The molecule has 0 radical (unpaired) electrons. The van der Waals surface area contributed by atoms with Crippen molar-refractivity contribution in [3.05, 3.63) is 48.4 Å². The molecular weight excluding hydrogens is 336 g/mol. The van der Waals surface area contributed by atoms with Crippen LogP contribution >= 0.6 is 0 Å². The lowest BCUT2D eigenvalue weighted by Crippen LogP contribution is -2.61. The number of anilines is 2. The number of fused-ring (bicyclic) bond motifs is 1. The van der Waals surface area contributed by atoms with E-state index in [1.54, 1.807) is 18.2 Å². The van der Waals surface area contributed by atoms with Crippen LogP contribution < -0.4 is 10.2 Å². The molecule has 1 spiro atoms. The van der Waals surface area contributed by atoms with E-state index in [-0.39, 0.29) is 11.5 Å². The fraction of sp³-hybridized carbons (Fsp3) is 0.316. The summed E-state index contributed by atoms with van der Waals surface area (Å²) in [6.45, 7) is -0.437. The summed E-state index contributed by atoms with van der Waals surface area (Å²) in [7, 11) is 0. The van der Waals surface area contributed by atoms with Gasteiger partial charge in [-0.05, 0) is 31.0 Å². The minimum absolute atomic E-state index is 0.178. The van der Waals surface area contributed by atoms with Crippen LogP contribution in [0.15, 0.2) is 47.3 Å². The van der Waals surface area contributed by atoms with Gasteiger partial charge in [-0.3, -0.25) is 14.5 Å². The molecule has 0 bridgehead atoms. The highest BCUT2D eigenvalue weighted by atomic mass is 16.5. The molecule has 2 heterocycles. The van der Waals surface area contributed by atoms with Crippen molar-refractivity contribution < 1.29 is 23.5 Å². The van der Waals surface area contributed by atoms with Crippen molar-refractivity contribution in [1.29, 1.82) is 0 Å². The molecule has 1 aliphatic carbocycles. The zero-order valence-electron chi connectivity index (χ0n) is 14.1. The molecule has 26 heavy (non-hydrogen) atoms. The van der Waals surface area contributed by atoms with Crippen LogP contribution in [0, 0.1) is 0 Å². The van der Waals surface area contributed by atoms with E-state index in [9.17, 15) is 14.4 Å². The van der Waals surface area contributed by atoms with Crippen molar-refractivity contribution in [3.8, 4) is 0 Å². The number of hydrogen-bond acceptors (Lipinski definition) is 5. The highest BCUT2D eigenvalue weighted by Crippen LogP contribution is 2.45. The first-order valence-corrected chi connectivity index (χ1v) is 8.55. The van der Waals surface area contributed by atoms with E-state index >= 15 is 0 Å². The Labute approximate surface area is 149 Å². The average molecular weight is 354 g/mol. The summed E-state index contributed by atoms with van der Waals surface area (Å²) in [6, 6.07) is 8.64. The van der Waals surface area contributed by atoms with Crippen molar-refractivity contribution in [2.75, 3.05) is 16.8 Å². The van der Waals surface area contributed by atoms with Crippen molar-refractivity contribution in [2.24, 2.45) is 0 Å². The van der Waals surface area contributed by atoms with E-state index < -0.39 is 24.0 Å². The lowest BCUT2D eigenvalue weighted by Gasteiger charge is -2.44. The maximum absolute atomic E-state index is 13.0. The molecule has 0 unspecified atom stereocenters. The second-order valence-corrected chi connectivity index (χ2v) is 6.53. The first kappa shape index (κ1) is 16.4. The van der Waals surface area contributed by atoms with Crippen LogP contribution in [0.5, 0.6) is 0 Å². The smallest absolute Gasteiger partial charge is 0.341 e. The topological polar surface area (TPSA) is 88.9 Å². The molecule has 0 saturated heterocycles. The Bertz CT molecular complexity index is 853. The van der Waals surface area contributed by atoms with E-state index in [1.165, 1.54) is 23.5 Å². The number of hydrogen-bond donors (Lipinski definition) is 1. The van der Waals surface area contributed by atoms with E-state index in [1.807, 2.05) is 6.07 Å². The molecular formula is C19H18N2O5. The van der Waals surface area contributed by atoms with Crippen molar-refractivity contribution in [1.82, 2.24) is 0 Å². The summed E-state index contributed by atoms with van der Waals surface area (Å²) in [5.41, 5.74) is 0.557. The van der Waals surface area contributed by atoms with Crippen LogP contribution in [0.1, 0.15) is 36.0 Å². The number of esters is 1.